The molecule has 40 heavy (non-hydrogen) atoms. The molecule has 0 bridgehead atoms. The average molecular weight is 573 g/mol. The van der Waals surface area contributed by atoms with E-state index in [1.807, 2.05) is 55.4 Å². The third-order valence-electron chi connectivity index (χ3n) is 6.95. The first-order chi connectivity index (χ1) is 18.4. The molecule has 0 aromatic rings. The van der Waals surface area contributed by atoms with Gasteiger partial charge in [-0.3, -0.25) is 14.4 Å². The van der Waals surface area contributed by atoms with Gasteiger partial charge in [0, 0.05) is 32.9 Å². The number of rotatable bonds is 20. The van der Waals surface area contributed by atoms with E-state index in [0.29, 0.717) is 57.1 Å². The molecule has 1 rings (SSSR count). The van der Waals surface area contributed by atoms with Crippen LogP contribution in [0.25, 0.3) is 0 Å². The Balaban J connectivity index is 2.22. The lowest BCUT2D eigenvalue weighted by atomic mass is 10.0. The van der Waals surface area contributed by atoms with Gasteiger partial charge in [-0.05, 0) is 81.1 Å². The van der Waals surface area contributed by atoms with E-state index in [-0.39, 0.29) is 30.8 Å². The van der Waals surface area contributed by atoms with Crippen molar-refractivity contribution in [3.63, 3.8) is 0 Å². The molecule has 0 unspecified atom stereocenters. The van der Waals surface area contributed by atoms with Crippen LogP contribution in [-0.2, 0) is 43.0 Å². The van der Waals surface area contributed by atoms with Crippen LogP contribution in [0.4, 0.5) is 0 Å². The fraction of sp³-hybridized carbons (Fsp3) is 0.862. The summed E-state index contributed by atoms with van der Waals surface area (Å²) in [7, 11) is 1.69. The van der Waals surface area contributed by atoms with Gasteiger partial charge in [0.05, 0.1) is 48.6 Å². The molecule has 1 saturated heterocycles. The van der Waals surface area contributed by atoms with Gasteiger partial charge in [0.15, 0.2) is 0 Å². The van der Waals surface area contributed by atoms with Gasteiger partial charge in [-0.15, -0.1) is 5.06 Å². The van der Waals surface area contributed by atoms with E-state index in [1.54, 1.807) is 7.11 Å². The maximum absolute atomic E-state index is 12.3. The number of carbonyl (C=O) groups is 4. The first kappa shape index (κ1) is 35.9. The molecule has 0 radical (unpaired) electrons. The third-order valence-corrected chi connectivity index (χ3v) is 6.95. The Labute approximate surface area is 239 Å². The quantitative estimate of drug-likeness (QED) is 0.171. The Morgan fingerprint density at radius 2 is 1.15 bits per heavy atom. The molecule has 1 fully saturated rings. The molecular formula is C29H52N2O9. The first-order valence-electron chi connectivity index (χ1n) is 14.2. The molecule has 1 aliphatic rings. The van der Waals surface area contributed by atoms with Gasteiger partial charge < -0.3 is 29.1 Å². The molecule has 0 aromatic heterocycles. The van der Waals surface area contributed by atoms with Crippen LogP contribution in [0, 0.1) is 0 Å². The summed E-state index contributed by atoms with van der Waals surface area (Å²) in [5.41, 5.74) is -1.72. The van der Waals surface area contributed by atoms with Crippen molar-refractivity contribution in [2.45, 2.75) is 129 Å². The number of hydrogen-bond acceptors (Lipinski definition) is 9. The van der Waals surface area contributed by atoms with Crippen LogP contribution in [0.15, 0.2) is 0 Å². The molecule has 0 saturated carbocycles. The Bertz CT molecular complexity index is 836. The van der Waals surface area contributed by atoms with Crippen molar-refractivity contribution in [1.82, 2.24) is 10.4 Å². The second-order valence-electron chi connectivity index (χ2n) is 12.7. The molecule has 232 valence electrons. The van der Waals surface area contributed by atoms with Crippen molar-refractivity contribution in [3.05, 3.63) is 0 Å². The number of amides is 3. The lowest BCUT2D eigenvalue weighted by Crippen LogP contribution is -2.35. The minimum absolute atomic E-state index is 0.0129. The van der Waals surface area contributed by atoms with Crippen LogP contribution in [-0.4, -0.2) is 84.6 Å². The van der Waals surface area contributed by atoms with Crippen molar-refractivity contribution in [2.75, 3.05) is 33.5 Å². The number of nitrogens with one attached hydrogen (secondary N) is 1. The van der Waals surface area contributed by atoms with Crippen LogP contribution < -0.4 is 5.32 Å². The summed E-state index contributed by atoms with van der Waals surface area (Å²) in [6, 6.07) is 0. The molecule has 11 nitrogen and oxygen atoms in total. The van der Waals surface area contributed by atoms with Crippen LogP contribution in [0.2, 0.25) is 0 Å². The molecule has 1 aliphatic heterocycles. The molecule has 0 atom stereocenters. The van der Waals surface area contributed by atoms with E-state index in [4.69, 9.17) is 23.8 Å². The summed E-state index contributed by atoms with van der Waals surface area (Å²) in [6.07, 6.45) is 2.86. The minimum atomic E-state index is -0.645. The van der Waals surface area contributed by atoms with Gasteiger partial charge in [0.25, 0.3) is 11.8 Å². The predicted molar refractivity (Wildman–Crippen MR) is 149 cm³/mol. The average Bonchev–Trinajstić information content (AvgIpc) is 3.16. The van der Waals surface area contributed by atoms with E-state index < -0.39 is 34.6 Å². The van der Waals surface area contributed by atoms with Gasteiger partial charge in [-0.2, -0.15) is 0 Å². The maximum atomic E-state index is 12.3. The Morgan fingerprint density at radius 1 is 0.700 bits per heavy atom. The number of carbonyl (C=O) groups excluding carboxylic acids is 4. The van der Waals surface area contributed by atoms with Crippen molar-refractivity contribution < 1.29 is 43.0 Å². The fourth-order valence-corrected chi connectivity index (χ4v) is 3.69. The summed E-state index contributed by atoms with van der Waals surface area (Å²) in [4.78, 5) is 52.4. The molecule has 11 heteroatoms. The van der Waals surface area contributed by atoms with Crippen molar-refractivity contribution in [1.29, 1.82) is 0 Å². The molecule has 3 amide bonds. The van der Waals surface area contributed by atoms with Crippen molar-refractivity contribution in [3.8, 4) is 0 Å². The minimum Gasteiger partial charge on any atom is -0.379 e. The monoisotopic (exact) mass is 572 g/mol. The zero-order valence-electron chi connectivity index (χ0n) is 26.1. The number of methoxy groups -OCH3 is 1. The summed E-state index contributed by atoms with van der Waals surface area (Å²) in [5, 5.41) is 3.45. The summed E-state index contributed by atoms with van der Waals surface area (Å²) >= 11 is 0. The third kappa shape index (κ3) is 15.1. The second kappa shape index (κ2) is 15.8. The van der Waals surface area contributed by atoms with Gasteiger partial charge in [0.1, 0.15) is 0 Å². The molecule has 1 heterocycles. The first-order valence-corrected chi connectivity index (χ1v) is 14.2. The predicted octanol–water partition coefficient (Wildman–Crippen LogP) is 3.86. The molecule has 0 spiro atoms. The van der Waals surface area contributed by atoms with Crippen molar-refractivity contribution in [2.24, 2.45) is 0 Å². The fourth-order valence-electron chi connectivity index (χ4n) is 3.69. The van der Waals surface area contributed by atoms with Gasteiger partial charge in [-0.25, -0.2) is 4.79 Å². The Kier molecular flexibility index (Phi) is 14.2. The highest BCUT2D eigenvalue weighted by atomic mass is 16.7. The summed E-state index contributed by atoms with van der Waals surface area (Å²) < 4.78 is 23.3. The summed E-state index contributed by atoms with van der Waals surface area (Å²) in [5.74, 6) is -1.68. The standard InChI is InChI=1S/C29H52N2O9/c1-26(2,36-9)16-19-37-27(3,4)14-12-22(32)30-18-21-39-29(7,8)17-20-38-28(5,6)15-13-25(35)40-31-23(33)10-11-24(31)34/h10-21H2,1-9H3,(H,30,32). The van der Waals surface area contributed by atoms with E-state index in [2.05, 4.69) is 5.32 Å². The second-order valence-corrected chi connectivity index (χ2v) is 12.7. The normalized spacial score (nSPS) is 15.1. The highest BCUT2D eigenvalue weighted by Gasteiger charge is 2.33. The number of nitrogens with zero attached hydrogens (tertiary/aromatic N) is 1. The van der Waals surface area contributed by atoms with Gasteiger partial charge >= 0.3 is 5.97 Å². The number of imide groups is 1. The largest absolute Gasteiger partial charge is 0.379 e. The smallest absolute Gasteiger partial charge is 0.333 e. The number of hydrogen-bond donors (Lipinski definition) is 1. The zero-order chi connectivity index (χ0) is 30.6. The van der Waals surface area contributed by atoms with Gasteiger partial charge in [0.2, 0.25) is 5.91 Å². The highest BCUT2D eigenvalue weighted by molar-refractivity contribution is 6.01. The molecule has 1 N–H and O–H groups in total. The number of hydroxylamine groups is 2. The Hall–Kier alpha value is -2.08. The van der Waals surface area contributed by atoms with E-state index >= 15 is 0 Å². The van der Waals surface area contributed by atoms with Crippen LogP contribution in [0.5, 0.6) is 0 Å². The molecule has 0 aliphatic carbocycles. The summed E-state index contributed by atoms with van der Waals surface area (Å²) in [6.45, 7) is 17.4. The van der Waals surface area contributed by atoms with E-state index in [1.165, 1.54) is 0 Å². The van der Waals surface area contributed by atoms with Gasteiger partial charge in [-0.1, -0.05) is 0 Å². The lowest BCUT2D eigenvalue weighted by Gasteiger charge is -2.30. The van der Waals surface area contributed by atoms with Crippen LogP contribution >= 0.6 is 0 Å². The van der Waals surface area contributed by atoms with E-state index in [0.717, 1.165) is 6.42 Å². The topological polar surface area (TPSA) is 130 Å². The maximum Gasteiger partial charge on any atom is 0.333 e. The number of ether oxygens (including phenoxy) is 4. The van der Waals surface area contributed by atoms with Crippen LogP contribution in [0.1, 0.15) is 107 Å². The van der Waals surface area contributed by atoms with E-state index in [9.17, 15) is 19.2 Å². The zero-order valence-corrected chi connectivity index (χ0v) is 26.1. The SMILES string of the molecule is COC(C)(C)CCOC(C)(C)CCC(=O)NCCOC(C)(C)CCOC(C)(C)CCC(=O)ON1C(=O)CCC1=O. The molecular weight excluding hydrogens is 520 g/mol. The van der Waals surface area contributed by atoms with Crippen molar-refractivity contribution >= 4 is 23.7 Å². The lowest BCUT2D eigenvalue weighted by molar-refractivity contribution is -0.198. The molecule has 0 aromatic carbocycles. The Morgan fingerprint density at radius 3 is 1.68 bits per heavy atom. The highest BCUT2D eigenvalue weighted by Crippen LogP contribution is 2.22. The van der Waals surface area contributed by atoms with Crippen LogP contribution in [0.3, 0.4) is 0 Å².